The lowest BCUT2D eigenvalue weighted by molar-refractivity contribution is 0.303. The molecular formula is C10H11FO2. The van der Waals surface area contributed by atoms with E-state index in [-0.39, 0.29) is 17.9 Å². The Balaban J connectivity index is 2.87. The normalized spacial score (nSPS) is 10.9. The van der Waals surface area contributed by atoms with E-state index in [1.165, 1.54) is 24.3 Å². The van der Waals surface area contributed by atoms with Crippen molar-refractivity contribution in [3.63, 3.8) is 0 Å². The first kappa shape index (κ1) is 9.74. The number of aliphatic hydroxyl groups is 1. The van der Waals surface area contributed by atoms with Crippen LogP contribution >= 0.6 is 0 Å². The molecule has 70 valence electrons. The molecule has 0 saturated heterocycles. The number of halogens is 1. The molecule has 0 aliphatic heterocycles. The molecule has 0 aliphatic rings. The number of hydrogen-bond acceptors (Lipinski definition) is 2. The van der Waals surface area contributed by atoms with Gasteiger partial charge in [-0.05, 0) is 18.6 Å². The van der Waals surface area contributed by atoms with Crippen molar-refractivity contribution in [2.75, 3.05) is 6.61 Å². The summed E-state index contributed by atoms with van der Waals surface area (Å²) in [5.41, 5.74) is 0.163. The zero-order chi connectivity index (χ0) is 9.68. The lowest BCUT2D eigenvalue weighted by Gasteiger charge is -1.99. The van der Waals surface area contributed by atoms with E-state index >= 15 is 0 Å². The zero-order valence-corrected chi connectivity index (χ0v) is 7.07. The molecule has 2 nitrogen and oxygen atoms in total. The van der Waals surface area contributed by atoms with Crippen LogP contribution in [0, 0.1) is 5.82 Å². The molecule has 0 aromatic heterocycles. The highest BCUT2D eigenvalue weighted by Gasteiger charge is 2.02. The molecule has 0 unspecified atom stereocenters. The number of phenolic OH excluding ortho intramolecular Hbond substituents is 1. The minimum atomic E-state index is -0.464. The molecule has 3 heteroatoms. The molecule has 1 rings (SSSR count). The van der Waals surface area contributed by atoms with Gasteiger partial charge in [0.25, 0.3) is 0 Å². The van der Waals surface area contributed by atoms with Crippen LogP contribution in [0.5, 0.6) is 5.75 Å². The van der Waals surface area contributed by atoms with E-state index in [2.05, 4.69) is 0 Å². The van der Waals surface area contributed by atoms with Gasteiger partial charge in [0.1, 0.15) is 11.6 Å². The van der Waals surface area contributed by atoms with Gasteiger partial charge < -0.3 is 10.2 Å². The predicted molar refractivity (Wildman–Crippen MR) is 48.8 cm³/mol. The number of benzene rings is 1. The van der Waals surface area contributed by atoms with E-state index in [4.69, 9.17) is 5.11 Å². The van der Waals surface area contributed by atoms with Gasteiger partial charge in [-0.3, -0.25) is 0 Å². The largest absolute Gasteiger partial charge is 0.507 e. The summed E-state index contributed by atoms with van der Waals surface area (Å²) >= 11 is 0. The quantitative estimate of drug-likeness (QED) is 0.749. The van der Waals surface area contributed by atoms with Crippen molar-refractivity contribution in [1.82, 2.24) is 0 Å². The first-order valence-corrected chi connectivity index (χ1v) is 4.00. The second kappa shape index (κ2) is 4.62. The molecule has 1 aromatic carbocycles. The third-order valence-corrected chi connectivity index (χ3v) is 1.61. The van der Waals surface area contributed by atoms with E-state index in [1.807, 2.05) is 0 Å². The highest BCUT2D eigenvalue weighted by Crippen LogP contribution is 2.21. The molecule has 0 aliphatic carbocycles. The Labute approximate surface area is 76.0 Å². The highest BCUT2D eigenvalue weighted by atomic mass is 19.1. The van der Waals surface area contributed by atoms with Crippen molar-refractivity contribution in [2.45, 2.75) is 6.42 Å². The fraction of sp³-hybridized carbons (Fsp3) is 0.200. The molecule has 2 N–H and O–H groups in total. The SMILES string of the molecule is OCCC=Cc1c(O)cccc1F. The molecule has 0 heterocycles. The monoisotopic (exact) mass is 182 g/mol. The fourth-order valence-corrected chi connectivity index (χ4v) is 0.966. The Hall–Kier alpha value is -1.35. The molecule has 13 heavy (non-hydrogen) atoms. The van der Waals surface area contributed by atoms with Crippen LogP contribution in [0.2, 0.25) is 0 Å². The Morgan fingerprint density at radius 1 is 1.38 bits per heavy atom. The van der Waals surface area contributed by atoms with Crippen LogP contribution in [0.3, 0.4) is 0 Å². The Morgan fingerprint density at radius 2 is 2.15 bits per heavy atom. The van der Waals surface area contributed by atoms with E-state index in [1.54, 1.807) is 6.08 Å². The molecule has 0 radical (unpaired) electrons. The van der Waals surface area contributed by atoms with Gasteiger partial charge >= 0.3 is 0 Å². The maximum atomic E-state index is 13.0. The van der Waals surface area contributed by atoms with Crippen LogP contribution < -0.4 is 0 Å². The Kier molecular flexibility index (Phi) is 3.46. The molecule has 0 atom stereocenters. The smallest absolute Gasteiger partial charge is 0.134 e. The summed E-state index contributed by atoms with van der Waals surface area (Å²) < 4.78 is 13.0. The van der Waals surface area contributed by atoms with Crippen LogP contribution in [-0.4, -0.2) is 16.8 Å². The van der Waals surface area contributed by atoms with E-state index < -0.39 is 5.82 Å². The topological polar surface area (TPSA) is 40.5 Å². The standard InChI is InChI=1S/C10H11FO2/c11-9-5-3-6-10(13)8(9)4-1-2-7-12/h1,3-6,12-13H,2,7H2. The van der Waals surface area contributed by atoms with Crippen molar-refractivity contribution in [3.8, 4) is 5.75 Å². The summed E-state index contributed by atoms with van der Waals surface area (Å²) in [5.74, 6) is -0.552. The summed E-state index contributed by atoms with van der Waals surface area (Å²) in [6, 6.07) is 4.13. The summed E-state index contributed by atoms with van der Waals surface area (Å²) in [4.78, 5) is 0. The second-order valence-electron chi connectivity index (χ2n) is 2.59. The number of rotatable bonds is 3. The predicted octanol–water partition coefficient (Wildman–Crippen LogP) is 1.93. The van der Waals surface area contributed by atoms with Gasteiger partial charge in [0.15, 0.2) is 0 Å². The lowest BCUT2D eigenvalue weighted by Crippen LogP contribution is -1.82. The summed E-state index contributed by atoms with van der Waals surface area (Å²) in [6.45, 7) is 0.0196. The van der Waals surface area contributed by atoms with E-state index in [0.717, 1.165) is 0 Å². The van der Waals surface area contributed by atoms with Crippen molar-refractivity contribution in [3.05, 3.63) is 35.7 Å². The minimum absolute atomic E-state index is 0.0196. The zero-order valence-electron chi connectivity index (χ0n) is 7.07. The average Bonchev–Trinajstić information content (AvgIpc) is 2.10. The number of hydrogen-bond donors (Lipinski definition) is 2. The van der Waals surface area contributed by atoms with Crippen molar-refractivity contribution < 1.29 is 14.6 Å². The van der Waals surface area contributed by atoms with E-state index in [9.17, 15) is 9.50 Å². The Bertz CT molecular complexity index is 288. The van der Waals surface area contributed by atoms with Crippen LogP contribution in [0.1, 0.15) is 12.0 Å². The number of phenols is 1. The van der Waals surface area contributed by atoms with Crippen molar-refractivity contribution >= 4 is 6.08 Å². The molecule has 0 fully saturated rings. The molecule has 0 amide bonds. The maximum Gasteiger partial charge on any atom is 0.134 e. The first-order chi connectivity index (χ1) is 6.25. The highest BCUT2D eigenvalue weighted by molar-refractivity contribution is 5.57. The second-order valence-corrected chi connectivity index (χ2v) is 2.59. The van der Waals surface area contributed by atoms with Gasteiger partial charge in [-0.1, -0.05) is 18.2 Å². The van der Waals surface area contributed by atoms with Crippen molar-refractivity contribution in [2.24, 2.45) is 0 Å². The van der Waals surface area contributed by atoms with Crippen LogP contribution in [0.25, 0.3) is 6.08 Å². The van der Waals surface area contributed by atoms with Gasteiger partial charge in [0, 0.05) is 6.61 Å². The van der Waals surface area contributed by atoms with Gasteiger partial charge in [0.05, 0.1) is 5.56 Å². The van der Waals surface area contributed by atoms with Crippen LogP contribution in [-0.2, 0) is 0 Å². The molecule has 0 saturated carbocycles. The van der Waals surface area contributed by atoms with Gasteiger partial charge in [-0.2, -0.15) is 0 Å². The third kappa shape index (κ3) is 2.56. The van der Waals surface area contributed by atoms with E-state index in [0.29, 0.717) is 6.42 Å². The Morgan fingerprint density at radius 3 is 2.77 bits per heavy atom. The third-order valence-electron chi connectivity index (χ3n) is 1.61. The molecular weight excluding hydrogens is 171 g/mol. The van der Waals surface area contributed by atoms with Crippen molar-refractivity contribution in [1.29, 1.82) is 0 Å². The van der Waals surface area contributed by atoms with Gasteiger partial charge in [-0.15, -0.1) is 0 Å². The van der Waals surface area contributed by atoms with Crippen LogP contribution in [0.15, 0.2) is 24.3 Å². The summed E-state index contributed by atoms with van der Waals surface area (Å²) in [7, 11) is 0. The summed E-state index contributed by atoms with van der Waals surface area (Å²) in [6.07, 6.45) is 3.52. The molecule has 0 spiro atoms. The minimum Gasteiger partial charge on any atom is -0.507 e. The number of aliphatic hydroxyl groups excluding tert-OH is 1. The van der Waals surface area contributed by atoms with Gasteiger partial charge in [-0.25, -0.2) is 4.39 Å². The van der Waals surface area contributed by atoms with Crippen LogP contribution in [0.4, 0.5) is 4.39 Å². The maximum absolute atomic E-state index is 13.0. The average molecular weight is 182 g/mol. The summed E-state index contributed by atoms with van der Waals surface area (Å²) in [5, 5.41) is 17.7. The first-order valence-electron chi connectivity index (χ1n) is 4.00. The molecule has 0 bridgehead atoms. The van der Waals surface area contributed by atoms with Gasteiger partial charge in [0.2, 0.25) is 0 Å². The fourth-order valence-electron chi connectivity index (χ4n) is 0.966. The molecule has 1 aromatic rings. The lowest BCUT2D eigenvalue weighted by atomic mass is 10.1. The number of aromatic hydroxyl groups is 1.